The first-order chi connectivity index (χ1) is 4.31. The van der Waals surface area contributed by atoms with Crippen LogP contribution in [0.4, 0.5) is 0 Å². The first kappa shape index (κ1) is 8.48. The van der Waals surface area contributed by atoms with E-state index in [0.29, 0.717) is 6.42 Å². The van der Waals surface area contributed by atoms with Gasteiger partial charge >= 0.3 is 0 Å². The largest absolute Gasteiger partial charge is 0.396 e. The van der Waals surface area contributed by atoms with Crippen molar-refractivity contribution < 1.29 is 10.2 Å². The maximum absolute atomic E-state index is 8.85. The van der Waals surface area contributed by atoms with Crippen LogP contribution in [0.25, 0.3) is 0 Å². The maximum Gasteiger partial charge on any atom is 0.116 e. The molecule has 0 aromatic carbocycles. The molecule has 0 aromatic rings. The molecule has 52 valence electrons. The summed E-state index contributed by atoms with van der Waals surface area (Å²) in [5.41, 5.74) is 0. The minimum atomic E-state index is -0.644. The molecule has 0 heterocycles. The van der Waals surface area contributed by atoms with E-state index in [-0.39, 0.29) is 6.61 Å². The second kappa shape index (κ2) is 5.61. The van der Waals surface area contributed by atoms with Gasteiger partial charge < -0.3 is 10.2 Å². The molecule has 0 amide bonds. The molecule has 0 aliphatic heterocycles. The summed E-state index contributed by atoms with van der Waals surface area (Å²) in [6.45, 7) is 1.91. The highest BCUT2D eigenvalue weighted by atomic mass is 16.3. The van der Waals surface area contributed by atoms with Crippen LogP contribution in [-0.2, 0) is 0 Å². The second-order valence-electron chi connectivity index (χ2n) is 1.70. The topological polar surface area (TPSA) is 40.5 Å². The highest BCUT2D eigenvalue weighted by Gasteiger charge is 1.93. The summed E-state index contributed by atoms with van der Waals surface area (Å²) in [6, 6.07) is 0. The van der Waals surface area contributed by atoms with E-state index >= 15 is 0 Å². The Balaban J connectivity index is 3.36. The lowest BCUT2D eigenvalue weighted by Crippen LogP contribution is -2.04. The van der Waals surface area contributed by atoms with E-state index in [1.807, 2.05) is 6.92 Å². The molecule has 0 spiro atoms. The lowest BCUT2D eigenvalue weighted by Gasteiger charge is -1.96. The summed E-state index contributed by atoms with van der Waals surface area (Å²) in [5.74, 6) is 5.30. The Hall–Kier alpha value is -0.520. The zero-order chi connectivity index (χ0) is 7.11. The van der Waals surface area contributed by atoms with Crippen molar-refractivity contribution in [2.45, 2.75) is 25.9 Å². The molecule has 9 heavy (non-hydrogen) atoms. The Morgan fingerprint density at radius 1 is 1.56 bits per heavy atom. The number of hydrogen-bond acceptors (Lipinski definition) is 2. The van der Waals surface area contributed by atoms with Gasteiger partial charge in [0.2, 0.25) is 0 Å². The average molecular weight is 128 g/mol. The van der Waals surface area contributed by atoms with Gasteiger partial charge in [-0.25, -0.2) is 0 Å². The molecule has 2 N–H and O–H groups in total. The van der Waals surface area contributed by atoms with E-state index in [9.17, 15) is 0 Å². The van der Waals surface area contributed by atoms with Crippen molar-refractivity contribution in [3.8, 4) is 11.8 Å². The number of rotatable bonds is 2. The van der Waals surface area contributed by atoms with E-state index in [2.05, 4.69) is 11.8 Å². The predicted octanol–water partition coefficient (Wildman–Crippen LogP) is 0.143. The van der Waals surface area contributed by atoms with Gasteiger partial charge in [0, 0.05) is 19.4 Å². The number of aliphatic hydroxyl groups excluding tert-OH is 2. The Bertz CT molecular complexity index is 110. The van der Waals surface area contributed by atoms with Gasteiger partial charge in [0.1, 0.15) is 6.10 Å². The van der Waals surface area contributed by atoms with Crippen molar-refractivity contribution in [3.63, 3.8) is 0 Å². The van der Waals surface area contributed by atoms with Crippen LogP contribution in [0, 0.1) is 11.8 Å². The van der Waals surface area contributed by atoms with Crippen LogP contribution < -0.4 is 0 Å². The van der Waals surface area contributed by atoms with Crippen molar-refractivity contribution in [1.82, 2.24) is 0 Å². The van der Waals surface area contributed by atoms with Gasteiger partial charge in [-0.1, -0.05) is 12.8 Å². The lowest BCUT2D eigenvalue weighted by molar-refractivity contribution is 0.177. The van der Waals surface area contributed by atoms with Crippen molar-refractivity contribution >= 4 is 0 Å². The maximum atomic E-state index is 8.85. The second-order valence-corrected chi connectivity index (χ2v) is 1.70. The smallest absolute Gasteiger partial charge is 0.116 e. The summed E-state index contributed by atoms with van der Waals surface area (Å²) in [7, 11) is 0. The monoisotopic (exact) mass is 128 g/mol. The molecule has 0 aliphatic rings. The Kier molecular flexibility index (Phi) is 5.29. The lowest BCUT2D eigenvalue weighted by atomic mass is 10.2. The molecule has 2 heteroatoms. The Labute approximate surface area is 55.5 Å². The van der Waals surface area contributed by atoms with Crippen molar-refractivity contribution in [3.05, 3.63) is 0 Å². The van der Waals surface area contributed by atoms with E-state index in [4.69, 9.17) is 10.2 Å². The number of aliphatic hydroxyl groups is 2. The van der Waals surface area contributed by atoms with Crippen LogP contribution in [0.3, 0.4) is 0 Å². The molecule has 0 saturated carbocycles. The highest BCUT2D eigenvalue weighted by molar-refractivity contribution is 5.03. The molecule has 0 radical (unpaired) electrons. The van der Waals surface area contributed by atoms with Crippen LogP contribution in [0.5, 0.6) is 0 Å². The van der Waals surface area contributed by atoms with Crippen LogP contribution >= 0.6 is 0 Å². The molecular weight excluding hydrogens is 116 g/mol. The zero-order valence-corrected chi connectivity index (χ0v) is 5.59. The van der Waals surface area contributed by atoms with Crippen molar-refractivity contribution in [2.75, 3.05) is 6.61 Å². The van der Waals surface area contributed by atoms with E-state index < -0.39 is 6.10 Å². The predicted molar refractivity (Wildman–Crippen MR) is 35.8 cm³/mol. The van der Waals surface area contributed by atoms with Crippen LogP contribution in [-0.4, -0.2) is 22.9 Å². The molecule has 0 aromatic heterocycles. The third kappa shape index (κ3) is 5.35. The van der Waals surface area contributed by atoms with E-state index in [0.717, 1.165) is 6.42 Å². The van der Waals surface area contributed by atoms with Crippen LogP contribution in [0.2, 0.25) is 0 Å². The normalized spacial score (nSPS) is 11.9. The minimum absolute atomic E-state index is 0.000436. The fourth-order valence-corrected chi connectivity index (χ4v) is 0.414. The Morgan fingerprint density at radius 3 is 2.67 bits per heavy atom. The third-order valence-electron chi connectivity index (χ3n) is 0.848. The molecule has 0 saturated heterocycles. The van der Waals surface area contributed by atoms with Gasteiger partial charge in [-0.05, 0) is 0 Å². The zero-order valence-electron chi connectivity index (χ0n) is 5.59. The Morgan fingerprint density at radius 2 is 2.22 bits per heavy atom. The molecule has 1 atom stereocenters. The van der Waals surface area contributed by atoms with Gasteiger partial charge in [-0.3, -0.25) is 0 Å². The van der Waals surface area contributed by atoms with Crippen LogP contribution in [0.15, 0.2) is 0 Å². The first-order valence-corrected chi connectivity index (χ1v) is 3.08. The minimum Gasteiger partial charge on any atom is -0.396 e. The highest BCUT2D eigenvalue weighted by Crippen LogP contribution is 1.86. The quantitative estimate of drug-likeness (QED) is 0.519. The fraction of sp³-hybridized carbons (Fsp3) is 0.714. The number of hydrogen-bond donors (Lipinski definition) is 2. The molecule has 1 unspecified atom stereocenters. The van der Waals surface area contributed by atoms with Crippen molar-refractivity contribution in [1.29, 1.82) is 0 Å². The summed E-state index contributed by atoms with van der Waals surface area (Å²) in [4.78, 5) is 0. The third-order valence-corrected chi connectivity index (χ3v) is 0.848. The molecular formula is C7H12O2. The molecule has 2 nitrogen and oxygen atoms in total. The van der Waals surface area contributed by atoms with Crippen LogP contribution in [0.1, 0.15) is 19.8 Å². The van der Waals surface area contributed by atoms with Crippen molar-refractivity contribution in [2.24, 2.45) is 0 Å². The first-order valence-electron chi connectivity index (χ1n) is 3.08. The summed E-state index contributed by atoms with van der Waals surface area (Å²) in [6.07, 6.45) is 0.463. The molecule has 0 rings (SSSR count). The van der Waals surface area contributed by atoms with E-state index in [1.54, 1.807) is 0 Å². The summed E-state index contributed by atoms with van der Waals surface area (Å²) in [5, 5.41) is 17.2. The standard InChI is InChI=1S/C7H12O2/c1-2-3-4-7(9)5-6-8/h7-9H,2,5-6H2,1H3. The van der Waals surface area contributed by atoms with Gasteiger partial charge in [0.15, 0.2) is 0 Å². The average Bonchev–Trinajstić information content (AvgIpc) is 1.85. The fourth-order valence-electron chi connectivity index (χ4n) is 0.414. The van der Waals surface area contributed by atoms with Gasteiger partial charge in [0.25, 0.3) is 0 Å². The van der Waals surface area contributed by atoms with Gasteiger partial charge in [-0.2, -0.15) is 0 Å². The molecule has 0 aliphatic carbocycles. The SMILES string of the molecule is CCC#CC(O)CCO. The molecule has 0 bridgehead atoms. The molecule has 0 fully saturated rings. The van der Waals surface area contributed by atoms with E-state index in [1.165, 1.54) is 0 Å². The summed E-state index contributed by atoms with van der Waals surface area (Å²) >= 11 is 0. The summed E-state index contributed by atoms with van der Waals surface area (Å²) < 4.78 is 0. The van der Waals surface area contributed by atoms with Gasteiger partial charge in [0.05, 0.1) is 0 Å². The van der Waals surface area contributed by atoms with Gasteiger partial charge in [-0.15, -0.1) is 5.92 Å².